The molecule has 0 bridgehead atoms. The van der Waals surface area contributed by atoms with Gasteiger partial charge in [-0.05, 0) is 38.2 Å². The maximum Gasteiger partial charge on any atom is 0.193 e. The van der Waals surface area contributed by atoms with E-state index in [0.29, 0.717) is 5.92 Å². The van der Waals surface area contributed by atoms with Crippen LogP contribution in [0.1, 0.15) is 27.6 Å². The Balaban J connectivity index is 0.00000225. The molecule has 1 aromatic heterocycles. The van der Waals surface area contributed by atoms with Crippen molar-refractivity contribution in [3.63, 3.8) is 0 Å². The Labute approximate surface area is 171 Å². The summed E-state index contributed by atoms with van der Waals surface area (Å²) in [6.07, 6.45) is 2.38. The molecule has 0 saturated carbocycles. The third kappa shape index (κ3) is 5.41. The number of halogens is 1. The van der Waals surface area contributed by atoms with E-state index in [1.165, 1.54) is 16.9 Å². The van der Waals surface area contributed by atoms with Crippen molar-refractivity contribution in [2.75, 3.05) is 20.1 Å². The summed E-state index contributed by atoms with van der Waals surface area (Å²) in [7, 11) is 1.87. The number of aryl methyl sites for hydroxylation is 2. The van der Waals surface area contributed by atoms with Crippen molar-refractivity contribution in [2.24, 2.45) is 10.9 Å². The molecule has 1 aliphatic heterocycles. The molecule has 1 saturated heterocycles. The minimum absolute atomic E-state index is 0. The van der Waals surface area contributed by atoms with Crippen LogP contribution in [0.4, 0.5) is 0 Å². The maximum atomic E-state index is 4.50. The molecule has 25 heavy (non-hydrogen) atoms. The lowest BCUT2D eigenvalue weighted by Gasteiger charge is -2.21. The molecule has 136 valence electrons. The maximum absolute atomic E-state index is 4.50. The van der Waals surface area contributed by atoms with E-state index in [0.717, 1.165) is 42.7 Å². The molecule has 6 heteroatoms. The van der Waals surface area contributed by atoms with Gasteiger partial charge in [-0.1, -0.05) is 30.3 Å². The Morgan fingerprint density at radius 2 is 2.08 bits per heavy atom. The van der Waals surface area contributed by atoms with Crippen LogP contribution in [-0.4, -0.2) is 36.0 Å². The van der Waals surface area contributed by atoms with Crippen molar-refractivity contribution in [3.8, 4) is 0 Å². The molecule has 1 aliphatic rings. The average Bonchev–Trinajstić information content (AvgIpc) is 3.16. The summed E-state index contributed by atoms with van der Waals surface area (Å²) >= 11 is 1.76. The van der Waals surface area contributed by atoms with Gasteiger partial charge in [-0.25, -0.2) is 4.98 Å². The lowest BCUT2D eigenvalue weighted by Crippen LogP contribution is -2.39. The van der Waals surface area contributed by atoms with Gasteiger partial charge in [0.2, 0.25) is 0 Å². The topological polar surface area (TPSA) is 40.5 Å². The second kappa shape index (κ2) is 9.52. The van der Waals surface area contributed by atoms with Gasteiger partial charge in [-0.2, -0.15) is 0 Å². The first-order valence-corrected chi connectivity index (χ1v) is 9.39. The van der Waals surface area contributed by atoms with Gasteiger partial charge in [0, 0.05) is 25.0 Å². The number of benzene rings is 1. The fraction of sp³-hybridized carbons (Fsp3) is 0.474. The summed E-state index contributed by atoms with van der Waals surface area (Å²) in [6, 6.07) is 10.8. The number of likely N-dealkylation sites (tertiary alicyclic amines) is 1. The van der Waals surface area contributed by atoms with Crippen LogP contribution in [-0.2, 0) is 13.0 Å². The van der Waals surface area contributed by atoms with Gasteiger partial charge in [-0.3, -0.25) is 4.99 Å². The standard InChI is InChI=1S/C19H26N4S.HI/c1-14-18(24-15(2)22-14)12-21-19(20-3)23-10-9-17(13-23)11-16-7-5-4-6-8-16;/h4-8,17H,9-13H2,1-3H3,(H,20,21);1H. The number of rotatable bonds is 4. The lowest BCUT2D eigenvalue weighted by molar-refractivity contribution is 0.460. The van der Waals surface area contributed by atoms with Crippen molar-refractivity contribution in [3.05, 3.63) is 51.5 Å². The highest BCUT2D eigenvalue weighted by atomic mass is 127. The summed E-state index contributed by atoms with van der Waals surface area (Å²) in [5, 5.41) is 4.64. The Morgan fingerprint density at radius 3 is 2.72 bits per heavy atom. The molecule has 3 rings (SSSR count). The van der Waals surface area contributed by atoms with Crippen molar-refractivity contribution in [2.45, 2.75) is 33.2 Å². The Hall–Kier alpha value is -1.15. The molecule has 1 N–H and O–H groups in total. The van der Waals surface area contributed by atoms with Crippen molar-refractivity contribution in [1.82, 2.24) is 15.2 Å². The monoisotopic (exact) mass is 470 g/mol. The number of nitrogens with zero attached hydrogens (tertiary/aromatic N) is 3. The van der Waals surface area contributed by atoms with Gasteiger partial charge in [0.15, 0.2) is 5.96 Å². The SMILES string of the molecule is CN=C(NCc1sc(C)nc1C)N1CCC(Cc2ccccc2)C1.I. The second-order valence-electron chi connectivity index (χ2n) is 6.43. The Morgan fingerprint density at radius 1 is 1.32 bits per heavy atom. The molecular weight excluding hydrogens is 443 g/mol. The van der Waals surface area contributed by atoms with E-state index in [9.17, 15) is 0 Å². The highest BCUT2D eigenvalue weighted by molar-refractivity contribution is 14.0. The van der Waals surface area contributed by atoms with Crippen molar-refractivity contribution < 1.29 is 0 Å². The first kappa shape index (κ1) is 20.2. The van der Waals surface area contributed by atoms with Gasteiger partial charge in [0.1, 0.15) is 0 Å². The number of hydrogen-bond donors (Lipinski definition) is 1. The van der Waals surface area contributed by atoms with E-state index in [4.69, 9.17) is 0 Å². The van der Waals surface area contributed by atoms with Crippen molar-refractivity contribution in [1.29, 1.82) is 0 Å². The van der Waals surface area contributed by atoms with E-state index in [-0.39, 0.29) is 24.0 Å². The Kier molecular flexibility index (Phi) is 7.68. The quantitative estimate of drug-likeness (QED) is 0.417. The summed E-state index contributed by atoms with van der Waals surface area (Å²) in [5.74, 6) is 1.72. The molecular formula is C19H27IN4S. The third-order valence-electron chi connectivity index (χ3n) is 4.57. The fourth-order valence-electron chi connectivity index (χ4n) is 3.37. The molecule has 0 radical (unpaired) electrons. The van der Waals surface area contributed by atoms with Gasteiger partial charge < -0.3 is 10.2 Å². The van der Waals surface area contributed by atoms with Crippen LogP contribution >= 0.6 is 35.3 Å². The zero-order valence-electron chi connectivity index (χ0n) is 15.2. The zero-order valence-corrected chi connectivity index (χ0v) is 18.3. The third-order valence-corrected chi connectivity index (χ3v) is 5.64. The summed E-state index contributed by atoms with van der Waals surface area (Å²) in [6.45, 7) is 7.11. The lowest BCUT2D eigenvalue weighted by atomic mass is 9.99. The van der Waals surface area contributed by atoms with Crippen molar-refractivity contribution >= 4 is 41.3 Å². The number of hydrogen-bond acceptors (Lipinski definition) is 3. The van der Waals surface area contributed by atoms with E-state index >= 15 is 0 Å². The van der Waals surface area contributed by atoms with Gasteiger partial charge in [0.25, 0.3) is 0 Å². The predicted octanol–water partition coefficient (Wildman–Crippen LogP) is 4.02. The summed E-state index contributed by atoms with van der Waals surface area (Å²) in [4.78, 5) is 12.7. The smallest absolute Gasteiger partial charge is 0.193 e. The van der Waals surface area contributed by atoms with E-state index < -0.39 is 0 Å². The van der Waals surface area contributed by atoms with Crippen LogP contribution in [0.5, 0.6) is 0 Å². The first-order valence-electron chi connectivity index (χ1n) is 8.58. The Bertz CT molecular complexity index is 699. The normalized spacial score (nSPS) is 17.5. The van der Waals surface area contributed by atoms with Gasteiger partial charge in [-0.15, -0.1) is 35.3 Å². The first-order chi connectivity index (χ1) is 11.7. The van der Waals surface area contributed by atoms with E-state index in [2.05, 4.69) is 64.4 Å². The molecule has 1 aromatic carbocycles. The highest BCUT2D eigenvalue weighted by Crippen LogP contribution is 2.21. The van der Waals surface area contributed by atoms with E-state index in [1.807, 2.05) is 7.05 Å². The number of guanidine groups is 1. The predicted molar refractivity (Wildman–Crippen MR) is 117 cm³/mol. The summed E-state index contributed by atoms with van der Waals surface area (Å²) in [5.41, 5.74) is 2.56. The number of aliphatic imine (C=N–C) groups is 1. The minimum atomic E-state index is 0. The largest absolute Gasteiger partial charge is 0.351 e. The molecule has 2 heterocycles. The molecule has 2 aromatic rings. The van der Waals surface area contributed by atoms with Gasteiger partial charge >= 0.3 is 0 Å². The van der Waals surface area contributed by atoms with E-state index in [1.54, 1.807) is 11.3 Å². The average molecular weight is 470 g/mol. The molecule has 1 atom stereocenters. The van der Waals surface area contributed by atoms with Crippen LogP contribution < -0.4 is 5.32 Å². The molecule has 0 amide bonds. The number of aromatic nitrogens is 1. The van der Waals surface area contributed by atoms with Crippen LogP contribution in [0.2, 0.25) is 0 Å². The zero-order chi connectivity index (χ0) is 16.9. The van der Waals surface area contributed by atoms with Crippen LogP contribution in [0.25, 0.3) is 0 Å². The van der Waals surface area contributed by atoms with Crippen LogP contribution in [0.15, 0.2) is 35.3 Å². The molecule has 0 spiro atoms. The van der Waals surface area contributed by atoms with Crippen LogP contribution in [0.3, 0.4) is 0 Å². The fourth-order valence-corrected chi connectivity index (χ4v) is 4.25. The molecule has 0 aliphatic carbocycles. The number of nitrogens with one attached hydrogen (secondary N) is 1. The molecule has 4 nitrogen and oxygen atoms in total. The second-order valence-corrected chi connectivity index (χ2v) is 7.72. The number of thiazole rings is 1. The van der Waals surface area contributed by atoms with Crippen LogP contribution in [0, 0.1) is 19.8 Å². The van der Waals surface area contributed by atoms with Gasteiger partial charge in [0.05, 0.1) is 17.2 Å². The highest BCUT2D eigenvalue weighted by Gasteiger charge is 2.25. The summed E-state index contributed by atoms with van der Waals surface area (Å²) < 4.78 is 0. The minimum Gasteiger partial charge on any atom is -0.351 e. The molecule has 1 fully saturated rings. The molecule has 1 unspecified atom stereocenters.